The molecule has 1 aliphatic rings. The van der Waals surface area contributed by atoms with Gasteiger partial charge in [-0.15, -0.1) is 0 Å². The third-order valence-electron chi connectivity index (χ3n) is 4.64. The predicted octanol–water partition coefficient (Wildman–Crippen LogP) is 3.61. The summed E-state index contributed by atoms with van der Waals surface area (Å²) in [6.45, 7) is 0.753. The first kappa shape index (κ1) is 16.7. The van der Waals surface area contributed by atoms with Crippen molar-refractivity contribution in [2.24, 2.45) is 0 Å². The van der Waals surface area contributed by atoms with Gasteiger partial charge in [-0.1, -0.05) is 36.4 Å². The number of halogens is 1. The average Bonchev–Trinajstić information content (AvgIpc) is 2.63. The van der Waals surface area contributed by atoms with Gasteiger partial charge in [0.1, 0.15) is 5.82 Å². The van der Waals surface area contributed by atoms with Gasteiger partial charge in [-0.05, 0) is 48.1 Å². The molecule has 0 aromatic heterocycles. The van der Waals surface area contributed by atoms with E-state index in [0.717, 1.165) is 42.5 Å². The van der Waals surface area contributed by atoms with Crippen LogP contribution >= 0.6 is 0 Å². The molecule has 0 saturated carbocycles. The molecule has 0 aliphatic carbocycles. The Morgan fingerprint density at radius 1 is 1.04 bits per heavy atom. The van der Waals surface area contributed by atoms with Gasteiger partial charge in [0.05, 0.1) is 19.1 Å². The molecule has 0 bridgehead atoms. The van der Waals surface area contributed by atoms with E-state index < -0.39 is 0 Å². The molecule has 1 fully saturated rings. The number of hydrogen-bond donors (Lipinski definition) is 1. The molecule has 3 nitrogen and oxygen atoms in total. The molecule has 2 aromatic carbocycles. The van der Waals surface area contributed by atoms with Crippen LogP contribution in [0.3, 0.4) is 0 Å². The van der Waals surface area contributed by atoms with Crippen molar-refractivity contribution < 1.29 is 14.3 Å². The highest BCUT2D eigenvalue weighted by Crippen LogP contribution is 2.31. The fourth-order valence-corrected chi connectivity index (χ4v) is 3.30. The highest BCUT2D eigenvalue weighted by Gasteiger charge is 2.27. The fourth-order valence-electron chi connectivity index (χ4n) is 3.30. The predicted molar refractivity (Wildman–Crippen MR) is 90.8 cm³/mol. The number of nitrogens with zero attached hydrogens (tertiary/aromatic N) is 1. The average molecular weight is 327 g/mol. The van der Waals surface area contributed by atoms with Crippen molar-refractivity contribution in [2.75, 3.05) is 6.54 Å². The molecular formula is C20H22FNO2. The van der Waals surface area contributed by atoms with Crippen LogP contribution in [0.5, 0.6) is 0 Å². The Kier molecular flexibility index (Phi) is 5.26. The van der Waals surface area contributed by atoms with E-state index in [2.05, 4.69) is 0 Å². The number of rotatable bonds is 4. The Labute approximate surface area is 141 Å². The maximum absolute atomic E-state index is 13.2. The Balaban J connectivity index is 1.74. The Morgan fingerprint density at radius 3 is 2.38 bits per heavy atom. The molecule has 1 atom stereocenters. The largest absolute Gasteiger partial charge is 0.392 e. The minimum Gasteiger partial charge on any atom is -0.392 e. The van der Waals surface area contributed by atoms with Gasteiger partial charge in [0.25, 0.3) is 0 Å². The minimum atomic E-state index is -0.253. The molecule has 1 saturated heterocycles. The third-order valence-corrected chi connectivity index (χ3v) is 4.64. The molecule has 3 rings (SSSR count). The van der Waals surface area contributed by atoms with E-state index in [9.17, 15) is 9.18 Å². The molecule has 2 aromatic rings. The van der Waals surface area contributed by atoms with Crippen molar-refractivity contribution in [3.05, 3.63) is 71.0 Å². The highest BCUT2D eigenvalue weighted by atomic mass is 19.1. The Morgan fingerprint density at radius 2 is 1.71 bits per heavy atom. The topological polar surface area (TPSA) is 40.5 Å². The number of aliphatic hydroxyl groups is 1. The van der Waals surface area contributed by atoms with Crippen molar-refractivity contribution in [1.82, 2.24) is 4.90 Å². The van der Waals surface area contributed by atoms with Crippen molar-refractivity contribution in [2.45, 2.75) is 38.3 Å². The van der Waals surface area contributed by atoms with E-state index in [-0.39, 0.29) is 24.4 Å². The number of benzene rings is 2. The summed E-state index contributed by atoms with van der Waals surface area (Å²) in [5.41, 5.74) is 2.79. The molecule has 0 spiro atoms. The first-order valence-corrected chi connectivity index (χ1v) is 8.41. The molecule has 24 heavy (non-hydrogen) atoms. The molecule has 1 amide bonds. The number of piperidine rings is 1. The van der Waals surface area contributed by atoms with Crippen molar-refractivity contribution in [3.8, 4) is 0 Å². The van der Waals surface area contributed by atoms with Crippen LogP contribution in [0.4, 0.5) is 4.39 Å². The van der Waals surface area contributed by atoms with Gasteiger partial charge in [-0.2, -0.15) is 0 Å². The normalized spacial score (nSPS) is 17.8. The first-order chi connectivity index (χ1) is 11.7. The van der Waals surface area contributed by atoms with E-state index in [0.29, 0.717) is 6.42 Å². The summed E-state index contributed by atoms with van der Waals surface area (Å²) in [6.07, 6.45) is 3.36. The van der Waals surface area contributed by atoms with Gasteiger partial charge in [0.15, 0.2) is 0 Å². The van der Waals surface area contributed by atoms with Crippen LogP contribution in [-0.4, -0.2) is 22.5 Å². The second kappa shape index (κ2) is 7.58. The molecule has 126 valence electrons. The van der Waals surface area contributed by atoms with E-state index in [1.165, 1.54) is 12.1 Å². The molecular weight excluding hydrogens is 305 g/mol. The summed E-state index contributed by atoms with van der Waals surface area (Å²) in [7, 11) is 0. The monoisotopic (exact) mass is 327 g/mol. The van der Waals surface area contributed by atoms with Gasteiger partial charge >= 0.3 is 0 Å². The summed E-state index contributed by atoms with van der Waals surface area (Å²) in [4.78, 5) is 14.7. The van der Waals surface area contributed by atoms with Gasteiger partial charge in [0, 0.05) is 6.54 Å². The Bertz CT molecular complexity index is 682. The lowest BCUT2D eigenvalue weighted by atomic mass is 9.94. The van der Waals surface area contributed by atoms with Crippen molar-refractivity contribution in [3.63, 3.8) is 0 Å². The van der Waals surface area contributed by atoms with Crippen LogP contribution in [0.1, 0.15) is 42.0 Å². The summed E-state index contributed by atoms with van der Waals surface area (Å²) >= 11 is 0. The zero-order valence-electron chi connectivity index (χ0n) is 13.6. The summed E-state index contributed by atoms with van der Waals surface area (Å²) in [6, 6.07) is 14.0. The lowest BCUT2D eigenvalue weighted by molar-refractivity contribution is -0.134. The van der Waals surface area contributed by atoms with Gasteiger partial charge in [0.2, 0.25) is 5.91 Å². The first-order valence-electron chi connectivity index (χ1n) is 8.41. The van der Waals surface area contributed by atoms with E-state index in [1.807, 2.05) is 29.2 Å². The zero-order chi connectivity index (χ0) is 16.9. The van der Waals surface area contributed by atoms with Crippen LogP contribution in [-0.2, 0) is 17.8 Å². The lowest BCUT2D eigenvalue weighted by Gasteiger charge is -2.36. The molecule has 1 N–H and O–H groups in total. The molecule has 1 heterocycles. The van der Waals surface area contributed by atoms with Gasteiger partial charge in [-0.25, -0.2) is 4.39 Å². The summed E-state index contributed by atoms with van der Waals surface area (Å²) in [5.74, 6) is -0.155. The maximum Gasteiger partial charge on any atom is 0.227 e. The second-order valence-electron chi connectivity index (χ2n) is 6.30. The third kappa shape index (κ3) is 3.82. The summed E-state index contributed by atoms with van der Waals surface area (Å²) < 4.78 is 13.2. The van der Waals surface area contributed by atoms with E-state index in [4.69, 9.17) is 5.11 Å². The van der Waals surface area contributed by atoms with Crippen LogP contribution in [0.15, 0.2) is 48.5 Å². The number of carbonyl (C=O) groups is 1. The number of carbonyl (C=O) groups excluding carboxylic acids is 1. The van der Waals surface area contributed by atoms with Crippen LogP contribution in [0.2, 0.25) is 0 Å². The molecule has 4 heteroatoms. The number of amides is 1. The number of aliphatic hydroxyl groups excluding tert-OH is 1. The fraction of sp³-hybridized carbons (Fsp3) is 0.350. The van der Waals surface area contributed by atoms with Gasteiger partial charge < -0.3 is 10.0 Å². The van der Waals surface area contributed by atoms with E-state index in [1.54, 1.807) is 12.1 Å². The lowest BCUT2D eigenvalue weighted by Crippen LogP contribution is -2.39. The standard InChI is InChI=1S/C20H22FNO2/c21-18-10-8-17(9-11-18)19-3-1-2-12-22(19)20(24)13-15-4-6-16(14-23)7-5-15/h4-11,19,23H,1-3,12-14H2/t19-/m0/s1. The van der Waals surface area contributed by atoms with Gasteiger partial charge in [-0.3, -0.25) is 4.79 Å². The zero-order valence-corrected chi connectivity index (χ0v) is 13.6. The highest BCUT2D eigenvalue weighted by molar-refractivity contribution is 5.79. The molecule has 1 aliphatic heterocycles. The second-order valence-corrected chi connectivity index (χ2v) is 6.30. The number of hydrogen-bond acceptors (Lipinski definition) is 2. The number of likely N-dealkylation sites (tertiary alicyclic amines) is 1. The van der Waals surface area contributed by atoms with Crippen molar-refractivity contribution >= 4 is 5.91 Å². The summed E-state index contributed by atoms with van der Waals surface area (Å²) in [5, 5.41) is 9.09. The van der Waals surface area contributed by atoms with Crippen molar-refractivity contribution in [1.29, 1.82) is 0 Å². The SMILES string of the molecule is O=C(Cc1ccc(CO)cc1)N1CCCC[C@H]1c1ccc(F)cc1. The minimum absolute atomic E-state index is 0.00694. The van der Waals surface area contributed by atoms with E-state index >= 15 is 0 Å². The van der Waals surface area contributed by atoms with Crippen LogP contribution in [0, 0.1) is 5.82 Å². The maximum atomic E-state index is 13.2. The Hall–Kier alpha value is -2.20. The smallest absolute Gasteiger partial charge is 0.227 e. The van der Waals surface area contributed by atoms with Crippen LogP contribution in [0.25, 0.3) is 0 Å². The molecule has 0 radical (unpaired) electrons. The van der Waals surface area contributed by atoms with Crippen LogP contribution < -0.4 is 0 Å². The quantitative estimate of drug-likeness (QED) is 0.932. The molecule has 0 unspecified atom stereocenters.